The van der Waals surface area contributed by atoms with E-state index in [1.54, 1.807) is 7.11 Å². The van der Waals surface area contributed by atoms with Crippen molar-refractivity contribution >= 4 is 5.95 Å². The molecule has 4 heteroatoms. The van der Waals surface area contributed by atoms with Crippen LogP contribution in [0.4, 0.5) is 5.95 Å². The van der Waals surface area contributed by atoms with E-state index < -0.39 is 0 Å². The molecule has 4 nitrogen and oxygen atoms in total. The highest BCUT2D eigenvalue weighted by Crippen LogP contribution is 2.09. The predicted molar refractivity (Wildman–Crippen MR) is 71.3 cm³/mol. The Balaban J connectivity index is 2.27. The van der Waals surface area contributed by atoms with Gasteiger partial charge in [0, 0.05) is 39.2 Å². The van der Waals surface area contributed by atoms with Crippen LogP contribution in [0.2, 0.25) is 0 Å². The Kier molecular flexibility index (Phi) is 6.70. The molecule has 0 amide bonds. The maximum Gasteiger partial charge on any atom is 0.202 e. The minimum atomic E-state index is 0.775. The van der Waals surface area contributed by atoms with Gasteiger partial charge in [0.25, 0.3) is 0 Å². The third-order valence-corrected chi connectivity index (χ3v) is 2.70. The van der Waals surface area contributed by atoms with Crippen molar-refractivity contribution in [2.75, 3.05) is 25.6 Å². The fourth-order valence-corrected chi connectivity index (χ4v) is 1.74. The van der Waals surface area contributed by atoms with Gasteiger partial charge in [-0.3, -0.25) is 0 Å². The number of ether oxygens (including phenoxy) is 1. The lowest BCUT2D eigenvalue weighted by atomic mass is 10.1. The molecule has 0 aliphatic heterocycles. The number of anilines is 1. The van der Waals surface area contributed by atoms with Gasteiger partial charge >= 0.3 is 0 Å². The zero-order valence-corrected chi connectivity index (χ0v) is 11.3. The molecular formula is C13H25N3O. The van der Waals surface area contributed by atoms with E-state index in [4.69, 9.17) is 4.74 Å². The average Bonchev–Trinajstić information content (AvgIpc) is 2.72. The summed E-state index contributed by atoms with van der Waals surface area (Å²) >= 11 is 0. The number of aryl methyl sites for hydroxylation is 1. The summed E-state index contributed by atoms with van der Waals surface area (Å²) < 4.78 is 7.21. The van der Waals surface area contributed by atoms with Crippen LogP contribution in [0, 0.1) is 5.92 Å². The molecule has 1 heterocycles. The van der Waals surface area contributed by atoms with E-state index in [-0.39, 0.29) is 0 Å². The Labute approximate surface area is 104 Å². The molecule has 17 heavy (non-hydrogen) atoms. The van der Waals surface area contributed by atoms with E-state index in [1.807, 2.05) is 12.4 Å². The normalized spacial score (nSPS) is 11.1. The Bertz CT molecular complexity index is 297. The highest BCUT2D eigenvalue weighted by atomic mass is 16.5. The molecule has 0 aromatic carbocycles. The summed E-state index contributed by atoms with van der Waals surface area (Å²) in [5, 5.41) is 3.34. The van der Waals surface area contributed by atoms with Crippen LogP contribution in [0.3, 0.4) is 0 Å². The molecule has 0 aliphatic rings. The Morgan fingerprint density at radius 3 is 2.94 bits per heavy atom. The number of rotatable bonds is 9. The lowest BCUT2D eigenvalue weighted by Crippen LogP contribution is -2.10. The molecule has 0 radical (unpaired) electrons. The second-order valence-corrected chi connectivity index (χ2v) is 4.75. The molecular weight excluding hydrogens is 214 g/mol. The molecule has 1 rings (SSSR count). The summed E-state index contributed by atoms with van der Waals surface area (Å²) in [6.07, 6.45) is 7.38. The number of imidazole rings is 1. The fourth-order valence-electron chi connectivity index (χ4n) is 1.74. The Morgan fingerprint density at radius 2 is 2.24 bits per heavy atom. The van der Waals surface area contributed by atoms with Crippen molar-refractivity contribution < 1.29 is 4.74 Å². The standard InChI is InChI=1S/C13H25N3O/c1-12(2)6-4-9-16-10-8-15-13(16)14-7-5-11-17-3/h8,10,12H,4-7,9,11H2,1-3H3,(H,14,15). The summed E-state index contributed by atoms with van der Waals surface area (Å²) in [4.78, 5) is 4.32. The number of methoxy groups -OCH3 is 1. The van der Waals surface area contributed by atoms with Gasteiger partial charge in [-0.1, -0.05) is 13.8 Å². The zero-order valence-electron chi connectivity index (χ0n) is 11.3. The van der Waals surface area contributed by atoms with Crippen LogP contribution >= 0.6 is 0 Å². The molecule has 1 N–H and O–H groups in total. The smallest absolute Gasteiger partial charge is 0.202 e. The van der Waals surface area contributed by atoms with E-state index in [2.05, 4.69) is 28.7 Å². The first-order valence-electron chi connectivity index (χ1n) is 6.48. The third-order valence-electron chi connectivity index (χ3n) is 2.70. The Morgan fingerprint density at radius 1 is 1.41 bits per heavy atom. The third kappa shape index (κ3) is 5.73. The van der Waals surface area contributed by atoms with E-state index in [9.17, 15) is 0 Å². The maximum atomic E-state index is 5.02. The van der Waals surface area contributed by atoms with Gasteiger partial charge in [0.05, 0.1) is 0 Å². The molecule has 0 aliphatic carbocycles. The number of nitrogens with zero attached hydrogens (tertiary/aromatic N) is 2. The van der Waals surface area contributed by atoms with E-state index >= 15 is 0 Å². The van der Waals surface area contributed by atoms with Gasteiger partial charge in [-0.2, -0.15) is 0 Å². The summed E-state index contributed by atoms with van der Waals surface area (Å²) in [5.41, 5.74) is 0. The van der Waals surface area contributed by atoms with Gasteiger partial charge in [-0.25, -0.2) is 4.98 Å². The Hall–Kier alpha value is -1.03. The van der Waals surface area contributed by atoms with Gasteiger partial charge in [0.15, 0.2) is 0 Å². The van der Waals surface area contributed by atoms with E-state index in [0.29, 0.717) is 0 Å². The lowest BCUT2D eigenvalue weighted by molar-refractivity contribution is 0.197. The molecule has 0 spiro atoms. The van der Waals surface area contributed by atoms with Crippen LogP contribution in [-0.4, -0.2) is 29.8 Å². The summed E-state index contributed by atoms with van der Waals surface area (Å²) in [6, 6.07) is 0. The monoisotopic (exact) mass is 239 g/mol. The van der Waals surface area contributed by atoms with Crippen LogP contribution in [0.1, 0.15) is 33.1 Å². The number of nitrogens with one attached hydrogen (secondary N) is 1. The second kappa shape index (κ2) is 8.12. The zero-order chi connectivity index (χ0) is 12.5. The number of hydrogen-bond acceptors (Lipinski definition) is 3. The topological polar surface area (TPSA) is 39.1 Å². The molecule has 0 saturated heterocycles. The molecule has 0 fully saturated rings. The van der Waals surface area contributed by atoms with Crippen LogP contribution in [0.5, 0.6) is 0 Å². The van der Waals surface area contributed by atoms with Crippen LogP contribution in [-0.2, 0) is 11.3 Å². The molecule has 1 aromatic rings. The molecule has 98 valence electrons. The van der Waals surface area contributed by atoms with Crippen LogP contribution < -0.4 is 5.32 Å². The van der Waals surface area contributed by atoms with Gasteiger partial charge in [-0.15, -0.1) is 0 Å². The van der Waals surface area contributed by atoms with Crippen molar-refractivity contribution in [3.05, 3.63) is 12.4 Å². The first-order valence-corrected chi connectivity index (χ1v) is 6.48. The summed E-state index contributed by atoms with van der Waals surface area (Å²) in [6.45, 7) is 7.27. The maximum absolute atomic E-state index is 5.02. The average molecular weight is 239 g/mol. The predicted octanol–water partition coefficient (Wildman–Crippen LogP) is 2.77. The number of aromatic nitrogens is 2. The summed E-state index contributed by atoms with van der Waals surface area (Å²) in [5.74, 6) is 1.75. The van der Waals surface area contributed by atoms with Gasteiger partial charge in [0.2, 0.25) is 5.95 Å². The largest absolute Gasteiger partial charge is 0.385 e. The fraction of sp³-hybridized carbons (Fsp3) is 0.769. The first kappa shape index (κ1) is 14.0. The highest BCUT2D eigenvalue weighted by molar-refractivity contribution is 5.25. The van der Waals surface area contributed by atoms with Crippen molar-refractivity contribution in [1.82, 2.24) is 9.55 Å². The van der Waals surface area contributed by atoms with Gasteiger partial charge < -0.3 is 14.6 Å². The van der Waals surface area contributed by atoms with Crippen molar-refractivity contribution in [3.8, 4) is 0 Å². The molecule has 0 bridgehead atoms. The molecule has 0 atom stereocenters. The minimum Gasteiger partial charge on any atom is -0.385 e. The summed E-state index contributed by atoms with van der Waals surface area (Å²) in [7, 11) is 1.73. The van der Waals surface area contributed by atoms with Crippen molar-refractivity contribution in [3.63, 3.8) is 0 Å². The van der Waals surface area contributed by atoms with Crippen LogP contribution in [0.25, 0.3) is 0 Å². The first-order chi connectivity index (χ1) is 8.24. The van der Waals surface area contributed by atoms with Crippen molar-refractivity contribution in [2.24, 2.45) is 5.92 Å². The SMILES string of the molecule is COCCCNc1nccn1CCCC(C)C. The van der Waals surface area contributed by atoms with E-state index in [1.165, 1.54) is 12.8 Å². The highest BCUT2D eigenvalue weighted by Gasteiger charge is 2.02. The van der Waals surface area contributed by atoms with Gasteiger partial charge in [0.1, 0.15) is 0 Å². The minimum absolute atomic E-state index is 0.775. The van der Waals surface area contributed by atoms with Crippen molar-refractivity contribution in [1.29, 1.82) is 0 Å². The molecule has 0 unspecified atom stereocenters. The number of hydrogen-bond donors (Lipinski definition) is 1. The molecule has 0 saturated carbocycles. The van der Waals surface area contributed by atoms with Crippen LogP contribution in [0.15, 0.2) is 12.4 Å². The quantitative estimate of drug-likeness (QED) is 0.673. The second-order valence-electron chi connectivity index (χ2n) is 4.75. The molecule has 1 aromatic heterocycles. The van der Waals surface area contributed by atoms with E-state index in [0.717, 1.165) is 38.0 Å². The van der Waals surface area contributed by atoms with Crippen molar-refractivity contribution in [2.45, 2.75) is 39.7 Å². The lowest BCUT2D eigenvalue weighted by Gasteiger charge is -2.10. The van der Waals surface area contributed by atoms with Gasteiger partial charge in [-0.05, 0) is 25.2 Å².